The average Bonchev–Trinajstić information content (AvgIpc) is 2.93. The van der Waals surface area contributed by atoms with Gasteiger partial charge in [-0.05, 0) is 47.9 Å². The van der Waals surface area contributed by atoms with Crippen LogP contribution in [0.25, 0.3) is 0 Å². The molecule has 1 aliphatic rings. The molecule has 0 radical (unpaired) electrons. The minimum atomic E-state index is -0.336. The van der Waals surface area contributed by atoms with Crippen LogP contribution in [0.4, 0.5) is 15.8 Å². The number of nitrogens with one attached hydrogen (secondary N) is 2. The van der Waals surface area contributed by atoms with Gasteiger partial charge in [0.2, 0.25) is 11.8 Å². The monoisotopic (exact) mass is 516 g/mol. The minimum Gasteiger partial charge on any atom is -0.367 e. The highest BCUT2D eigenvalue weighted by molar-refractivity contribution is 6.02. The highest BCUT2D eigenvalue weighted by Gasteiger charge is 2.29. The molecule has 1 aliphatic heterocycles. The predicted molar refractivity (Wildman–Crippen MR) is 147 cm³/mol. The van der Waals surface area contributed by atoms with Gasteiger partial charge >= 0.3 is 0 Å². The summed E-state index contributed by atoms with van der Waals surface area (Å²) >= 11 is 0. The van der Waals surface area contributed by atoms with E-state index in [1.807, 2.05) is 48.2 Å². The van der Waals surface area contributed by atoms with E-state index in [-0.39, 0.29) is 36.0 Å². The van der Waals surface area contributed by atoms with Gasteiger partial charge in [0.15, 0.2) is 0 Å². The Kier molecular flexibility index (Phi) is 8.73. The Morgan fingerprint density at radius 3 is 2.24 bits per heavy atom. The van der Waals surface area contributed by atoms with Crippen molar-refractivity contribution in [2.24, 2.45) is 0 Å². The van der Waals surface area contributed by atoms with E-state index in [1.165, 1.54) is 19.1 Å². The zero-order chi connectivity index (χ0) is 27.1. The van der Waals surface area contributed by atoms with Crippen molar-refractivity contribution in [1.29, 1.82) is 0 Å². The third kappa shape index (κ3) is 6.56. The van der Waals surface area contributed by atoms with Gasteiger partial charge in [0.1, 0.15) is 5.82 Å². The number of benzene rings is 3. The molecular formula is C30H33FN4O3. The summed E-state index contributed by atoms with van der Waals surface area (Å²) in [6, 6.07) is 21.1. The molecule has 0 bridgehead atoms. The van der Waals surface area contributed by atoms with Gasteiger partial charge in [-0.1, -0.05) is 49.4 Å². The zero-order valence-electron chi connectivity index (χ0n) is 21.7. The summed E-state index contributed by atoms with van der Waals surface area (Å²) in [6.45, 7) is 5.93. The Labute approximate surface area is 222 Å². The summed E-state index contributed by atoms with van der Waals surface area (Å²) in [5.74, 6) is -0.919. The second-order valence-electron chi connectivity index (χ2n) is 9.41. The van der Waals surface area contributed by atoms with Crippen LogP contribution in [0, 0.1) is 5.82 Å². The van der Waals surface area contributed by atoms with Crippen LogP contribution in [0.3, 0.4) is 0 Å². The van der Waals surface area contributed by atoms with Crippen LogP contribution in [0.5, 0.6) is 0 Å². The van der Waals surface area contributed by atoms with Crippen molar-refractivity contribution in [3.8, 4) is 0 Å². The Balaban J connectivity index is 1.48. The maximum atomic E-state index is 13.3. The lowest BCUT2D eigenvalue weighted by Gasteiger charge is -2.38. The third-order valence-electron chi connectivity index (χ3n) is 6.77. The van der Waals surface area contributed by atoms with Crippen LogP contribution >= 0.6 is 0 Å². The third-order valence-corrected chi connectivity index (χ3v) is 6.77. The zero-order valence-corrected chi connectivity index (χ0v) is 21.7. The normalized spacial score (nSPS) is 14.1. The van der Waals surface area contributed by atoms with E-state index in [1.54, 1.807) is 24.3 Å². The first-order chi connectivity index (χ1) is 18.4. The van der Waals surface area contributed by atoms with Gasteiger partial charge < -0.3 is 20.4 Å². The standard InChI is InChI=1S/C30H33FN4O3/c1-3-26(23-7-5-4-6-8-23)30(38)35-17-15-34(16-18-35)28-14-13-25(33-21(2)36)19-27(28)29(37)32-20-22-9-11-24(31)12-10-22/h4-14,19,26H,3,15-18,20H2,1-2H3,(H,32,37)(H,33,36). The first-order valence-corrected chi connectivity index (χ1v) is 12.9. The van der Waals surface area contributed by atoms with E-state index < -0.39 is 0 Å². The summed E-state index contributed by atoms with van der Waals surface area (Å²) in [4.78, 5) is 42.2. The number of halogens is 1. The smallest absolute Gasteiger partial charge is 0.253 e. The van der Waals surface area contributed by atoms with Crippen molar-refractivity contribution in [2.75, 3.05) is 36.4 Å². The summed E-state index contributed by atoms with van der Waals surface area (Å²) < 4.78 is 13.2. The van der Waals surface area contributed by atoms with Gasteiger partial charge in [-0.15, -0.1) is 0 Å². The number of amides is 3. The second-order valence-corrected chi connectivity index (χ2v) is 9.41. The Bertz CT molecular complexity index is 1270. The summed E-state index contributed by atoms with van der Waals surface area (Å²) in [5, 5.41) is 5.63. The van der Waals surface area contributed by atoms with Crippen molar-refractivity contribution >= 4 is 29.1 Å². The quantitative estimate of drug-likeness (QED) is 0.460. The molecular weight excluding hydrogens is 483 g/mol. The van der Waals surface area contributed by atoms with E-state index in [0.29, 0.717) is 37.4 Å². The van der Waals surface area contributed by atoms with Crippen molar-refractivity contribution < 1.29 is 18.8 Å². The molecule has 198 valence electrons. The molecule has 38 heavy (non-hydrogen) atoms. The highest BCUT2D eigenvalue weighted by Crippen LogP contribution is 2.28. The molecule has 1 fully saturated rings. The number of hydrogen-bond acceptors (Lipinski definition) is 4. The second kappa shape index (κ2) is 12.4. The summed E-state index contributed by atoms with van der Waals surface area (Å²) in [5.41, 5.74) is 3.48. The number of carbonyl (C=O) groups is 3. The van der Waals surface area contributed by atoms with Crippen LogP contribution in [-0.4, -0.2) is 48.8 Å². The molecule has 0 saturated carbocycles. The average molecular weight is 517 g/mol. The molecule has 0 spiro atoms. The molecule has 2 N–H and O–H groups in total. The van der Waals surface area contributed by atoms with Crippen molar-refractivity contribution in [1.82, 2.24) is 10.2 Å². The first kappa shape index (κ1) is 26.9. The molecule has 3 aromatic carbocycles. The molecule has 3 amide bonds. The SMILES string of the molecule is CCC(C(=O)N1CCN(c2ccc(NC(C)=O)cc2C(=O)NCc2ccc(F)cc2)CC1)c1ccccc1. The van der Waals surface area contributed by atoms with Gasteiger partial charge in [-0.2, -0.15) is 0 Å². The van der Waals surface area contributed by atoms with Crippen LogP contribution in [0.15, 0.2) is 72.8 Å². The van der Waals surface area contributed by atoms with Gasteiger partial charge in [-0.3, -0.25) is 14.4 Å². The van der Waals surface area contributed by atoms with Gasteiger partial charge in [0.25, 0.3) is 5.91 Å². The number of hydrogen-bond donors (Lipinski definition) is 2. The van der Waals surface area contributed by atoms with Crippen LogP contribution in [0.1, 0.15) is 47.7 Å². The fourth-order valence-electron chi connectivity index (χ4n) is 4.78. The molecule has 0 aromatic heterocycles. The minimum absolute atomic E-state index is 0.122. The van der Waals surface area contributed by atoms with E-state index >= 15 is 0 Å². The molecule has 1 heterocycles. The Hall–Kier alpha value is -4.20. The molecule has 1 unspecified atom stereocenters. The lowest BCUT2D eigenvalue weighted by atomic mass is 9.94. The summed E-state index contributed by atoms with van der Waals surface area (Å²) in [7, 11) is 0. The predicted octanol–water partition coefficient (Wildman–Crippen LogP) is 4.56. The lowest BCUT2D eigenvalue weighted by molar-refractivity contribution is -0.133. The number of piperazine rings is 1. The van der Waals surface area contributed by atoms with Crippen LogP contribution < -0.4 is 15.5 Å². The highest BCUT2D eigenvalue weighted by atomic mass is 19.1. The van der Waals surface area contributed by atoms with Crippen molar-refractivity contribution in [3.05, 3.63) is 95.3 Å². The van der Waals surface area contributed by atoms with E-state index in [2.05, 4.69) is 15.5 Å². The largest absolute Gasteiger partial charge is 0.367 e. The number of nitrogens with zero attached hydrogens (tertiary/aromatic N) is 2. The number of carbonyl (C=O) groups excluding carboxylic acids is 3. The van der Waals surface area contributed by atoms with Crippen molar-refractivity contribution in [2.45, 2.75) is 32.7 Å². The molecule has 3 aromatic rings. The van der Waals surface area contributed by atoms with Gasteiger partial charge in [0, 0.05) is 51.0 Å². The molecule has 1 atom stereocenters. The molecule has 1 saturated heterocycles. The fraction of sp³-hybridized carbons (Fsp3) is 0.300. The molecule has 7 nitrogen and oxygen atoms in total. The van der Waals surface area contributed by atoms with Gasteiger partial charge in [0.05, 0.1) is 11.5 Å². The summed E-state index contributed by atoms with van der Waals surface area (Å²) in [6.07, 6.45) is 0.728. The van der Waals surface area contributed by atoms with Crippen LogP contribution in [0.2, 0.25) is 0 Å². The maximum Gasteiger partial charge on any atom is 0.253 e. The number of anilines is 2. The molecule has 0 aliphatic carbocycles. The van der Waals surface area contributed by atoms with E-state index in [4.69, 9.17) is 0 Å². The van der Waals surface area contributed by atoms with E-state index in [9.17, 15) is 18.8 Å². The Morgan fingerprint density at radius 1 is 0.921 bits per heavy atom. The lowest BCUT2D eigenvalue weighted by Crippen LogP contribution is -2.50. The van der Waals surface area contributed by atoms with Crippen LogP contribution in [-0.2, 0) is 16.1 Å². The van der Waals surface area contributed by atoms with E-state index in [0.717, 1.165) is 23.2 Å². The fourth-order valence-corrected chi connectivity index (χ4v) is 4.78. The topological polar surface area (TPSA) is 81.8 Å². The maximum absolute atomic E-state index is 13.3. The first-order valence-electron chi connectivity index (χ1n) is 12.9. The molecule has 8 heteroatoms. The van der Waals surface area contributed by atoms with Gasteiger partial charge in [-0.25, -0.2) is 4.39 Å². The Morgan fingerprint density at radius 2 is 1.61 bits per heavy atom. The molecule has 4 rings (SSSR count). The number of rotatable bonds is 8. The van der Waals surface area contributed by atoms with Crippen molar-refractivity contribution in [3.63, 3.8) is 0 Å².